The number of rotatable bonds is 3. The second-order valence-corrected chi connectivity index (χ2v) is 6.62. The lowest BCUT2D eigenvalue weighted by molar-refractivity contribution is 0.259. The Morgan fingerprint density at radius 3 is 2.95 bits per heavy atom. The van der Waals surface area contributed by atoms with Gasteiger partial charge in [0.1, 0.15) is 5.75 Å². The Hall–Kier alpha value is -1.71. The molecular weight excluding hydrogens is 274 g/mol. The molecule has 1 aromatic rings. The number of hydrogen-bond donors (Lipinski definition) is 2. The predicted molar refractivity (Wildman–Crippen MR) is 90.0 cm³/mol. The minimum Gasteiger partial charge on any atom is -0.493 e. The molecule has 3 N–H and O–H groups in total. The molecule has 4 heteroatoms. The van der Waals surface area contributed by atoms with Gasteiger partial charge >= 0.3 is 0 Å². The molecule has 3 rings (SSSR count). The number of guanidine groups is 1. The highest BCUT2D eigenvalue weighted by Crippen LogP contribution is 2.32. The molecule has 0 bridgehead atoms. The smallest absolute Gasteiger partial charge is 0.189 e. The molecule has 120 valence electrons. The average molecular weight is 301 g/mol. The van der Waals surface area contributed by atoms with Gasteiger partial charge < -0.3 is 15.8 Å². The summed E-state index contributed by atoms with van der Waals surface area (Å²) in [6.45, 7) is 3.92. The molecule has 1 heterocycles. The summed E-state index contributed by atoms with van der Waals surface area (Å²) in [4.78, 5) is 4.61. The quantitative estimate of drug-likeness (QED) is 0.665. The molecule has 0 radical (unpaired) electrons. The first-order chi connectivity index (χ1) is 10.7. The summed E-state index contributed by atoms with van der Waals surface area (Å²) < 4.78 is 5.68. The van der Waals surface area contributed by atoms with E-state index in [0.717, 1.165) is 31.2 Å². The molecule has 1 aromatic carbocycles. The van der Waals surface area contributed by atoms with Gasteiger partial charge in [0.15, 0.2) is 5.96 Å². The van der Waals surface area contributed by atoms with Gasteiger partial charge in [0.05, 0.1) is 12.6 Å². The molecule has 0 spiro atoms. The number of nitrogens with two attached hydrogens (primary N) is 1. The Morgan fingerprint density at radius 1 is 1.27 bits per heavy atom. The van der Waals surface area contributed by atoms with Crippen molar-refractivity contribution in [1.29, 1.82) is 0 Å². The zero-order valence-corrected chi connectivity index (χ0v) is 13.4. The molecule has 1 aliphatic carbocycles. The standard InChI is InChI=1S/C18H27N3O/c1-13-6-2-3-7-14(13)12-20-18(19)21-16-10-11-22-17-9-5-4-8-15(16)17/h4-5,8-9,13-14,16H,2-3,6-7,10-12H2,1H3,(H3,19,20,21). The fourth-order valence-electron chi connectivity index (χ4n) is 3.60. The average Bonchev–Trinajstić information content (AvgIpc) is 2.54. The van der Waals surface area contributed by atoms with Gasteiger partial charge in [-0.05, 0) is 24.3 Å². The lowest BCUT2D eigenvalue weighted by atomic mass is 9.80. The summed E-state index contributed by atoms with van der Waals surface area (Å²) in [5.41, 5.74) is 7.30. The van der Waals surface area contributed by atoms with Crippen molar-refractivity contribution in [3.63, 3.8) is 0 Å². The van der Waals surface area contributed by atoms with Gasteiger partial charge in [0.2, 0.25) is 0 Å². The van der Waals surface area contributed by atoms with Crippen LogP contribution in [-0.2, 0) is 0 Å². The Bertz CT molecular complexity index is 529. The molecule has 0 amide bonds. The van der Waals surface area contributed by atoms with Gasteiger partial charge in [0, 0.05) is 18.5 Å². The van der Waals surface area contributed by atoms with Crippen LogP contribution in [0, 0.1) is 11.8 Å². The Morgan fingerprint density at radius 2 is 2.09 bits per heavy atom. The lowest BCUT2D eigenvalue weighted by Crippen LogP contribution is -2.38. The summed E-state index contributed by atoms with van der Waals surface area (Å²) >= 11 is 0. The minimum atomic E-state index is 0.206. The van der Waals surface area contributed by atoms with Crippen molar-refractivity contribution in [3.05, 3.63) is 29.8 Å². The second-order valence-electron chi connectivity index (χ2n) is 6.62. The highest BCUT2D eigenvalue weighted by molar-refractivity contribution is 5.78. The van der Waals surface area contributed by atoms with E-state index >= 15 is 0 Å². The van der Waals surface area contributed by atoms with E-state index in [1.807, 2.05) is 18.2 Å². The minimum absolute atomic E-state index is 0.206. The van der Waals surface area contributed by atoms with Gasteiger partial charge in [0.25, 0.3) is 0 Å². The normalized spacial score (nSPS) is 28.6. The van der Waals surface area contributed by atoms with Crippen LogP contribution in [-0.4, -0.2) is 19.1 Å². The van der Waals surface area contributed by atoms with Crippen LogP contribution in [0.5, 0.6) is 5.75 Å². The van der Waals surface area contributed by atoms with Gasteiger partial charge in [-0.15, -0.1) is 0 Å². The van der Waals surface area contributed by atoms with E-state index in [1.54, 1.807) is 0 Å². The van der Waals surface area contributed by atoms with Crippen LogP contribution in [0.4, 0.5) is 0 Å². The van der Waals surface area contributed by atoms with Crippen LogP contribution in [0.2, 0.25) is 0 Å². The van der Waals surface area contributed by atoms with Crippen molar-refractivity contribution >= 4 is 5.96 Å². The van der Waals surface area contributed by atoms with E-state index in [4.69, 9.17) is 10.5 Å². The number of ether oxygens (including phenoxy) is 1. The van der Waals surface area contributed by atoms with Crippen LogP contribution in [0.1, 0.15) is 50.6 Å². The molecule has 3 unspecified atom stereocenters. The van der Waals surface area contributed by atoms with Crippen LogP contribution in [0.3, 0.4) is 0 Å². The maximum absolute atomic E-state index is 6.12. The van der Waals surface area contributed by atoms with Crippen molar-refractivity contribution in [3.8, 4) is 5.75 Å². The molecule has 0 saturated heterocycles. The van der Waals surface area contributed by atoms with E-state index < -0.39 is 0 Å². The van der Waals surface area contributed by atoms with Gasteiger partial charge in [-0.2, -0.15) is 0 Å². The van der Waals surface area contributed by atoms with Crippen molar-refractivity contribution < 1.29 is 4.74 Å². The first kappa shape index (κ1) is 15.2. The SMILES string of the molecule is CC1CCCCC1CN=C(N)NC1CCOc2ccccc21. The molecule has 3 atom stereocenters. The van der Waals surface area contributed by atoms with Gasteiger partial charge in [-0.3, -0.25) is 4.99 Å². The Balaban J connectivity index is 1.60. The van der Waals surface area contributed by atoms with Crippen LogP contribution in [0.15, 0.2) is 29.3 Å². The third-order valence-electron chi connectivity index (χ3n) is 5.07. The zero-order chi connectivity index (χ0) is 15.4. The molecule has 22 heavy (non-hydrogen) atoms. The lowest BCUT2D eigenvalue weighted by Gasteiger charge is -2.28. The number of para-hydroxylation sites is 1. The van der Waals surface area contributed by atoms with Crippen LogP contribution >= 0.6 is 0 Å². The van der Waals surface area contributed by atoms with Crippen LogP contribution in [0.25, 0.3) is 0 Å². The van der Waals surface area contributed by atoms with E-state index in [1.165, 1.54) is 31.2 Å². The monoisotopic (exact) mass is 301 g/mol. The van der Waals surface area contributed by atoms with Gasteiger partial charge in [-0.1, -0.05) is 44.4 Å². The second kappa shape index (κ2) is 7.03. The van der Waals surface area contributed by atoms with E-state index in [-0.39, 0.29) is 6.04 Å². The Kier molecular flexibility index (Phi) is 4.86. The van der Waals surface area contributed by atoms with Crippen molar-refractivity contribution in [2.24, 2.45) is 22.6 Å². The van der Waals surface area contributed by atoms with Crippen molar-refractivity contribution in [2.75, 3.05) is 13.2 Å². The highest BCUT2D eigenvalue weighted by atomic mass is 16.5. The fraction of sp³-hybridized carbons (Fsp3) is 0.611. The fourth-order valence-corrected chi connectivity index (χ4v) is 3.60. The number of nitrogens with one attached hydrogen (secondary N) is 1. The molecule has 1 fully saturated rings. The summed E-state index contributed by atoms with van der Waals surface area (Å²) in [6.07, 6.45) is 6.26. The first-order valence-corrected chi connectivity index (χ1v) is 8.52. The molecule has 1 aliphatic heterocycles. The molecule has 4 nitrogen and oxygen atoms in total. The summed E-state index contributed by atoms with van der Waals surface area (Å²) in [5, 5.41) is 3.38. The molecule has 1 saturated carbocycles. The molecule has 2 aliphatic rings. The number of aliphatic imine (C=N–C) groups is 1. The number of hydrogen-bond acceptors (Lipinski definition) is 2. The summed E-state index contributed by atoms with van der Waals surface area (Å²) in [7, 11) is 0. The number of benzene rings is 1. The third-order valence-corrected chi connectivity index (χ3v) is 5.07. The number of nitrogens with zero attached hydrogens (tertiary/aromatic N) is 1. The zero-order valence-electron chi connectivity index (χ0n) is 13.4. The predicted octanol–water partition coefficient (Wildman–Crippen LogP) is 3.24. The van der Waals surface area contributed by atoms with Gasteiger partial charge in [-0.25, -0.2) is 0 Å². The molecule has 0 aromatic heterocycles. The van der Waals surface area contributed by atoms with E-state index in [0.29, 0.717) is 11.9 Å². The van der Waals surface area contributed by atoms with E-state index in [2.05, 4.69) is 23.3 Å². The van der Waals surface area contributed by atoms with Crippen molar-refractivity contribution in [2.45, 2.75) is 45.1 Å². The summed E-state index contributed by atoms with van der Waals surface area (Å²) in [6, 6.07) is 8.36. The first-order valence-electron chi connectivity index (χ1n) is 8.52. The number of fused-ring (bicyclic) bond motifs is 1. The maximum Gasteiger partial charge on any atom is 0.189 e. The largest absolute Gasteiger partial charge is 0.493 e. The third kappa shape index (κ3) is 3.54. The van der Waals surface area contributed by atoms with Crippen molar-refractivity contribution in [1.82, 2.24) is 5.32 Å². The highest BCUT2D eigenvalue weighted by Gasteiger charge is 2.23. The maximum atomic E-state index is 6.12. The topological polar surface area (TPSA) is 59.6 Å². The Labute approximate surface area is 133 Å². The summed E-state index contributed by atoms with van der Waals surface area (Å²) in [5.74, 6) is 2.99. The van der Waals surface area contributed by atoms with Crippen LogP contribution < -0.4 is 15.8 Å². The van der Waals surface area contributed by atoms with E-state index in [9.17, 15) is 0 Å². The molecular formula is C18H27N3O.